The Hall–Kier alpha value is -1.02. The average molecular weight is 235 g/mol. The highest BCUT2D eigenvalue weighted by molar-refractivity contribution is 5.35. The molecular formula is C15H25NO. The Balaban J connectivity index is 2.81. The highest BCUT2D eigenvalue weighted by atomic mass is 16.5. The topological polar surface area (TPSA) is 21.3 Å². The van der Waals surface area contributed by atoms with E-state index in [2.05, 4.69) is 52.1 Å². The second kappa shape index (κ2) is 6.65. The lowest BCUT2D eigenvalue weighted by molar-refractivity contribution is 0.237. The van der Waals surface area contributed by atoms with E-state index in [1.807, 2.05) is 12.1 Å². The molecule has 1 aromatic carbocycles. The van der Waals surface area contributed by atoms with E-state index < -0.39 is 0 Å². The summed E-state index contributed by atoms with van der Waals surface area (Å²) in [6.45, 7) is 10.7. The van der Waals surface area contributed by atoms with Crippen LogP contribution in [0.4, 0.5) is 0 Å². The van der Waals surface area contributed by atoms with Gasteiger partial charge < -0.3 is 10.1 Å². The molecule has 2 nitrogen and oxygen atoms in total. The van der Waals surface area contributed by atoms with E-state index in [1.165, 1.54) is 5.56 Å². The average Bonchev–Trinajstić information content (AvgIpc) is 2.28. The van der Waals surface area contributed by atoms with E-state index in [0.29, 0.717) is 12.1 Å². The van der Waals surface area contributed by atoms with Crippen LogP contribution < -0.4 is 10.1 Å². The minimum absolute atomic E-state index is 0.215. The van der Waals surface area contributed by atoms with E-state index in [-0.39, 0.29) is 6.10 Å². The van der Waals surface area contributed by atoms with Crippen LogP contribution in [-0.4, -0.2) is 12.1 Å². The van der Waals surface area contributed by atoms with Crippen LogP contribution >= 0.6 is 0 Å². The highest BCUT2D eigenvalue weighted by Gasteiger charge is 2.13. The zero-order valence-corrected chi connectivity index (χ0v) is 11.7. The molecule has 2 heteroatoms. The largest absolute Gasteiger partial charge is 0.491 e. The highest BCUT2D eigenvalue weighted by Crippen LogP contribution is 2.26. The molecule has 96 valence electrons. The Morgan fingerprint density at radius 2 is 1.76 bits per heavy atom. The van der Waals surface area contributed by atoms with Crippen molar-refractivity contribution in [1.82, 2.24) is 5.32 Å². The van der Waals surface area contributed by atoms with Gasteiger partial charge in [0.05, 0.1) is 6.10 Å². The number of rotatable bonds is 6. The van der Waals surface area contributed by atoms with Crippen LogP contribution in [0.1, 0.15) is 52.6 Å². The molecule has 0 unspecified atom stereocenters. The summed E-state index contributed by atoms with van der Waals surface area (Å²) in [5, 5.41) is 3.58. The second-order valence-electron chi connectivity index (χ2n) is 4.90. The van der Waals surface area contributed by atoms with Crippen LogP contribution in [0.25, 0.3) is 0 Å². The lowest BCUT2D eigenvalue weighted by atomic mass is 10.1. The quantitative estimate of drug-likeness (QED) is 0.807. The summed E-state index contributed by atoms with van der Waals surface area (Å²) < 4.78 is 5.84. The molecule has 1 aromatic rings. The summed E-state index contributed by atoms with van der Waals surface area (Å²) in [6.07, 6.45) is 1.35. The molecule has 0 aliphatic rings. The zero-order valence-electron chi connectivity index (χ0n) is 11.7. The molecule has 2 atom stereocenters. The fraction of sp³-hybridized carbons (Fsp3) is 0.600. The van der Waals surface area contributed by atoms with Crippen LogP contribution in [0.15, 0.2) is 24.3 Å². The fourth-order valence-corrected chi connectivity index (χ4v) is 1.83. The van der Waals surface area contributed by atoms with Gasteiger partial charge in [0, 0.05) is 17.6 Å². The van der Waals surface area contributed by atoms with Crippen LogP contribution in [0.2, 0.25) is 0 Å². The van der Waals surface area contributed by atoms with Gasteiger partial charge >= 0.3 is 0 Å². The van der Waals surface area contributed by atoms with Crippen molar-refractivity contribution in [3.63, 3.8) is 0 Å². The zero-order chi connectivity index (χ0) is 12.8. The second-order valence-corrected chi connectivity index (χ2v) is 4.90. The molecule has 0 spiro atoms. The standard InChI is InChI=1S/C15H25NO/c1-6-12(4)16-13(5)14-9-7-8-10-15(14)17-11(2)3/h7-13,16H,6H2,1-5H3/t12-,13-/m0/s1. The van der Waals surface area contributed by atoms with Crippen LogP contribution in [0, 0.1) is 0 Å². The molecule has 0 bridgehead atoms. The fourth-order valence-electron chi connectivity index (χ4n) is 1.83. The van der Waals surface area contributed by atoms with E-state index in [1.54, 1.807) is 0 Å². The van der Waals surface area contributed by atoms with Crippen molar-refractivity contribution in [3.8, 4) is 5.75 Å². The van der Waals surface area contributed by atoms with Gasteiger partial charge in [-0.2, -0.15) is 0 Å². The predicted molar refractivity (Wildman–Crippen MR) is 73.5 cm³/mol. The van der Waals surface area contributed by atoms with Gasteiger partial charge in [0.15, 0.2) is 0 Å². The summed E-state index contributed by atoms with van der Waals surface area (Å²) >= 11 is 0. The minimum atomic E-state index is 0.215. The number of nitrogens with one attached hydrogen (secondary N) is 1. The van der Waals surface area contributed by atoms with Gasteiger partial charge in [-0.05, 0) is 40.2 Å². The lowest BCUT2D eigenvalue weighted by Crippen LogP contribution is -2.28. The van der Waals surface area contributed by atoms with Crippen molar-refractivity contribution in [3.05, 3.63) is 29.8 Å². The molecule has 0 amide bonds. The Morgan fingerprint density at radius 1 is 1.12 bits per heavy atom. The maximum absolute atomic E-state index is 5.84. The van der Waals surface area contributed by atoms with Gasteiger partial charge in [-0.15, -0.1) is 0 Å². The van der Waals surface area contributed by atoms with E-state index in [9.17, 15) is 0 Å². The first-order valence-corrected chi connectivity index (χ1v) is 6.56. The summed E-state index contributed by atoms with van der Waals surface area (Å²) in [7, 11) is 0. The first kappa shape index (κ1) is 14.0. The van der Waals surface area contributed by atoms with Crippen molar-refractivity contribution in [2.24, 2.45) is 0 Å². The first-order chi connectivity index (χ1) is 8.04. The third-order valence-electron chi connectivity index (χ3n) is 2.90. The lowest BCUT2D eigenvalue weighted by Gasteiger charge is -2.22. The third-order valence-corrected chi connectivity index (χ3v) is 2.90. The molecule has 0 radical (unpaired) electrons. The first-order valence-electron chi connectivity index (χ1n) is 6.56. The number of hydrogen-bond acceptors (Lipinski definition) is 2. The van der Waals surface area contributed by atoms with Gasteiger partial charge in [0.1, 0.15) is 5.75 Å². The maximum Gasteiger partial charge on any atom is 0.124 e. The number of benzene rings is 1. The van der Waals surface area contributed by atoms with Gasteiger partial charge in [0.25, 0.3) is 0 Å². The van der Waals surface area contributed by atoms with Gasteiger partial charge in [-0.3, -0.25) is 0 Å². The molecular weight excluding hydrogens is 210 g/mol. The van der Waals surface area contributed by atoms with E-state index in [4.69, 9.17) is 4.74 Å². The Kier molecular flexibility index (Phi) is 5.49. The molecule has 0 aliphatic heterocycles. The van der Waals surface area contributed by atoms with Crippen molar-refractivity contribution < 1.29 is 4.74 Å². The Labute approximate surface area is 105 Å². The normalized spacial score (nSPS) is 14.7. The SMILES string of the molecule is CC[C@H](C)N[C@@H](C)c1ccccc1OC(C)C. The summed E-state index contributed by atoms with van der Waals surface area (Å²) in [5.74, 6) is 0.991. The van der Waals surface area contributed by atoms with Gasteiger partial charge in [0.2, 0.25) is 0 Å². The summed E-state index contributed by atoms with van der Waals surface area (Å²) in [4.78, 5) is 0. The van der Waals surface area contributed by atoms with Crippen molar-refractivity contribution >= 4 is 0 Å². The van der Waals surface area contributed by atoms with Crippen LogP contribution in [0.3, 0.4) is 0 Å². The van der Waals surface area contributed by atoms with Crippen LogP contribution in [-0.2, 0) is 0 Å². The molecule has 1 rings (SSSR count). The molecule has 0 saturated heterocycles. The van der Waals surface area contributed by atoms with Gasteiger partial charge in [-0.25, -0.2) is 0 Å². The molecule has 1 N–H and O–H groups in total. The molecule has 0 heterocycles. The predicted octanol–water partition coefficient (Wildman–Crippen LogP) is 3.92. The van der Waals surface area contributed by atoms with E-state index >= 15 is 0 Å². The Bertz CT molecular complexity index is 335. The molecule has 0 saturated carbocycles. The van der Waals surface area contributed by atoms with Gasteiger partial charge in [-0.1, -0.05) is 25.1 Å². The van der Waals surface area contributed by atoms with Crippen molar-refractivity contribution in [1.29, 1.82) is 0 Å². The van der Waals surface area contributed by atoms with Crippen molar-refractivity contribution in [2.75, 3.05) is 0 Å². The number of para-hydroxylation sites is 1. The summed E-state index contributed by atoms with van der Waals surface area (Å²) in [5.41, 5.74) is 1.24. The number of ether oxygens (including phenoxy) is 1. The van der Waals surface area contributed by atoms with E-state index in [0.717, 1.165) is 12.2 Å². The maximum atomic E-state index is 5.84. The number of hydrogen-bond donors (Lipinski definition) is 1. The molecule has 0 aromatic heterocycles. The monoisotopic (exact) mass is 235 g/mol. The van der Waals surface area contributed by atoms with Crippen LogP contribution in [0.5, 0.6) is 5.75 Å². The molecule has 0 aliphatic carbocycles. The molecule has 0 fully saturated rings. The Morgan fingerprint density at radius 3 is 2.35 bits per heavy atom. The molecule has 17 heavy (non-hydrogen) atoms. The van der Waals surface area contributed by atoms with Crippen molar-refractivity contribution in [2.45, 2.75) is 59.2 Å². The smallest absolute Gasteiger partial charge is 0.124 e. The summed E-state index contributed by atoms with van der Waals surface area (Å²) in [6, 6.07) is 9.12. The third kappa shape index (κ3) is 4.39. The minimum Gasteiger partial charge on any atom is -0.491 e.